The average molecular weight is 270 g/mol. The minimum absolute atomic E-state index is 0.309. The third-order valence-electron chi connectivity index (χ3n) is 3.87. The highest BCUT2D eigenvalue weighted by atomic mass is 19.1. The number of hydrogen-bond donors (Lipinski definition) is 1. The molecule has 0 amide bonds. The molecule has 0 aliphatic heterocycles. The van der Waals surface area contributed by atoms with E-state index in [1.807, 2.05) is 0 Å². The van der Waals surface area contributed by atoms with Crippen molar-refractivity contribution in [3.8, 4) is 11.8 Å². The summed E-state index contributed by atoms with van der Waals surface area (Å²) in [6.07, 6.45) is 4.43. The van der Waals surface area contributed by atoms with Crippen LogP contribution in [-0.4, -0.2) is 9.78 Å². The molecule has 1 heterocycles. The largest absolute Gasteiger partial charge is 0.382 e. The second-order valence-electron chi connectivity index (χ2n) is 5.13. The summed E-state index contributed by atoms with van der Waals surface area (Å²) in [4.78, 5) is 0. The van der Waals surface area contributed by atoms with E-state index >= 15 is 0 Å². The number of nitrogens with zero attached hydrogens (tertiary/aromatic N) is 3. The summed E-state index contributed by atoms with van der Waals surface area (Å²) in [5, 5.41) is 13.8. The van der Waals surface area contributed by atoms with Gasteiger partial charge >= 0.3 is 0 Å². The van der Waals surface area contributed by atoms with E-state index < -0.39 is 0 Å². The Morgan fingerprint density at radius 2 is 1.90 bits per heavy atom. The Kier molecular flexibility index (Phi) is 3.15. The van der Waals surface area contributed by atoms with Crippen LogP contribution in [0.25, 0.3) is 5.69 Å². The van der Waals surface area contributed by atoms with Crippen molar-refractivity contribution in [1.82, 2.24) is 9.78 Å². The second-order valence-corrected chi connectivity index (χ2v) is 5.13. The van der Waals surface area contributed by atoms with Crippen molar-refractivity contribution in [1.29, 1.82) is 5.26 Å². The van der Waals surface area contributed by atoms with Crippen LogP contribution in [0.3, 0.4) is 0 Å². The average Bonchev–Trinajstić information content (AvgIpc) is 3.07. The number of hydrogen-bond acceptors (Lipinski definition) is 3. The fraction of sp³-hybridized carbons (Fsp3) is 0.333. The number of nitrogen functional groups attached to an aromatic ring is 1. The first kappa shape index (κ1) is 12.7. The fourth-order valence-corrected chi connectivity index (χ4v) is 2.83. The monoisotopic (exact) mass is 270 g/mol. The van der Waals surface area contributed by atoms with Gasteiger partial charge in [0.15, 0.2) is 0 Å². The number of benzene rings is 1. The van der Waals surface area contributed by atoms with E-state index in [4.69, 9.17) is 5.73 Å². The van der Waals surface area contributed by atoms with E-state index in [1.54, 1.807) is 12.1 Å². The van der Waals surface area contributed by atoms with Crippen molar-refractivity contribution in [2.24, 2.45) is 0 Å². The molecule has 0 spiro atoms. The zero-order chi connectivity index (χ0) is 14.1. The summed E-state index contributed by atoms with van der Waals surface area (Å²) in [5.41, 5.74) is 7.95. The van der Waals surface area contributed by atoms with Gasteiger partial charge in [0.05, 0.1) is 11.4 Å². The maximum absolute atomic E-state index is 13.0. The van der Waals surface area contributed by atoms with Gasteiger partial charge in [0.1, 0.15) is 23.3 Å². The van der Waals surface area contributed by atoms with Gasteiger partial charge in [-0.2, -0.15) is 10.4 Å². The van der Waals surface area contributed by atoms with E-state index in [1.165, 1.54) is 29.7 Å². The summed E-state index contributed by atoms with van der Waals surface area (Å²) < 4.78 is 14.5. The molecule has 3 rings (SSSR count). The van der Waals surface area contributed by atoms with Crippen molar-refractivity contribution in [2.75, 3.05) is 5.73 Å². The van der Waals surface area contributed by atoms with Crippen LogP contribution < -0.4 is 5.73 Å². The molecular weight excluding hydrogens is 255 g/mol. The number of halogens is 1. The molecule has 2 aromatic rings. The molecule has 0 saturated heterocycles. The first-order chi connectivity index (χ1) is 9.70. The molecule has 1 saturated carbocycles. The van der Waals surface area contributed by atoms with E-state index in [0.29, 0.717) is 23.0 Å². The first-order valence-corrected chi connectivity index (χ1v) is 6.75. The number of rotatable bonds is 2. The molecule has 1 fully saturated rings. The quantitative estimate of drug-likeness (QED) is 0.911. The minimum Gasteiger partial charge on any atom is -0.382 e. The molecule has 5 heteroatoms. The lowest BCUT2D eigenvalue weighted by atomic mass is 10.0. The molecule has 20 heavy (non-hydrogen) atoms. The molecule has 0 bridgehead atoms. The number of nitriles is 1. The summed E-state index contributed by atoms with van der Waals surface area (Å²) in [5.74, 6) is 0.339. The van der Waals surface area contributed by atoms with Crippen LogP contribution in [-0.2, 0) is 0 Å². The van der Waals surface area contributed by atoms with Crippen molar-refractivity contribution in [3.05, 3.63) is 41.3 Å². The summed E-state index contributed by atoms with van der Waals surface area (Å²) in [7, 11) is 0. The molecule has 1 aromatic carbocycles. The van der Waals surface area contributed by atoms with Gasteiger partial charge in [-0.25, -0.2) is 9.07 Å². The van der Waals surface area contributed by atoms with Crippen molar-refractivity contribution in [2.45, 2.75) is 31.6 Å². The molecule has 1 aliphatic rings. The van der Waals surface area contributed by atoms with Gasteiger partial charge in [-0.1, -0.05) is 12.8 Å². The number of anilines is 1. The van der Waals surface area contributed by atoms with Crippen LogP contribution in [0.15, 0.2) is 24.3 Å². The summed E-state index contributed by atoms with van der Waals surface area (Å²) in [6.45, 7) is 0. The Labute approximate surface area is 116 Å². The van der Waals surface area contributed by atoms with Crippen LogP contribution in [0.2, 0.25) is 0 Å². The van der Waals surface area contributed by atoms with Crippen molar-refractivity contribution >= 4 is 5.82 Å². The Hall–Kier alpha value is -2.35. The van der Waals surface area contributed by atoms with E-state index in [0.717, 1.165) is 18.5 Å². The molecule has 1 aromatic heterocycles. The Morgan fingerprint density at radius 1 is 1.25 bits per heavy atom. The summed E-state index contributed by atoms with van der Waals surface area (Å²) in [6, 6.07) is 8.10. The molecule has 2 N–H and O–H groups in total. The van der Waals surface area contributed by atoms with Crippen LogP contribution in [0.1, 0.15) is 42.9 Å². The SMILES string of the molecule is N#Cc1c(C2CCCC2)nn(-c2ccc(F)cc2)c1N. The zero-order valence-corrected chi connectivity index (χ0v) is 11.0. The van der Waals surface area contributed by atoms with Gasteiger partial charge in [-0.05, 0) is 37.1 Å². The molecule has 0 radical (unpaired) electrons. The van der Waals surface area contributed by atoms with E-state index in [2.05, 4.69) is 11.2 Å². The van der Waals surface area contributed by atoms with Crippen molar-refractivity contribution < 1.29 is 4.39 Å². The van der Waals surface area contributed by atoms with Gasteiger partial charge in [0, 0.05) is 5.92 Å². The topological polar surface area (TPSA) is 67.6 Å². The van der Waals surface area contributed by atoms with E-state index in [-0.39, 0.29) is 5.82 Å². The predicted molar refractivity (Wildman–Crippen MR) is 73.9 cm³/mol. The molecule has 4 nitrogen and oxygen atoms in total. The van der Waals surface area contributed by atoms with Crippen molar-refractivity contribution in [3.63, 3.8) is 0 Å². The maximum Gasteiger partial charge on any atom is 0.145 e. The highest BCUT2D eigenvalue weighted by molar-refractivity contribution is 5.57. The third kappa shape index (κ3) is 2.03. The van der Waals surface area contributed by atoms with Crippen LogP contribution in [0, 0.1) is 17.1 Å². The van der Waals surface area contributed by atoms with E-state index in [9.17, 15) is 9.65 Å². The highest BCUT2D eigenvalue weighted by Crippen LogP contribution is 2.37. The molecule has 102 valence electrons. The normalized spacial score (nSPS) is 15.4. The predicted octanol–water partition coefficient (Wildman–Crippen LogP) is 3.12. The standard InChI is InChI=1S/C15H15FN4/c16-11-5-7-12(8-6-11)20-15(18)13(9-17)14(19-20)10-3-1-2-4-10/h5-8,10H,1-4,18H2. The van der Waals surface area contributed by atoms with Gasteiger partial charge in [0.25, 0.3) is 0 Å². The van der Waals surface area contributed by atoms with Gasteiger partial charge in [-0.15, -0.1) is 0 Å². The maximum atomic E-state index is 13.0. The first-order valence-electron chi connectivity index (χ1n) is 6.75. The fourth-order valence-electron chi connectivity index (χ4n) is 2.83. The lowest BCUT2D eigenvalue weighted by molar-refractivity contribution is 0.626. The second kappa shape index (κ2) is 4.97. The Morgan fingerprint density at radius 3 is 2.50 bits per heavy atom. The molecule has 0 unspecified atom stereocenters. The molecule has 0 atom stereocenters. The van der Waals surface area contributed by atoms with Crippen LogP contribution >= 0.6 is 0 Å². The van der Waals surface area contributed by atoms with Gasteiger partial charge in [-0.3, -0.25) is 0 Å². The summed E-state index contributed by atoms with van der Waals surface area (Å²) >= 11 is 0. The lowest BCUT2D eigenvalue weighted by Crippen LogP contribution is -2.02. The highest BCUT2D eigenvalue weighted by Gasteiger charge is 2.26. The lowest BCUT2D eigenvalue weighted by Gasteiger charge is -2.05. The van der Waals surface area contributed by atoms with Gasteiger partial charge in [0.2, 0.25) is 0 Å². The van der Waals surface area contributed by atoms with Crippen LogP contribution in [0.5, 0.6) is 0 Å². The minimum atomic E-state index is -0.309. The smallest absolute Gasteiger partial charge is 0.145 e. The third-order valence-corrected chi connectivity index (χ3v) is 3.87. The van der Waals surface area contributed by atoms with Gasteiger partial charge < -0.3 is 5.73 Å². The number of nitrogens with two attached hydrogens (primary N) is 1. The molecule has 1 aliphatic carbocycles. The Bertz CT molecular complexity index is 660. The Balaban J connectivity index is 2.08. The molecular formula is C15H15FN4. The number of aromatic nitrogens is 2. The zero-order valence-electron chi connectivity index (χ0n) is 11.0. The van der Waals surface area contributed by atoms with Crippen LogP contribution in [0.4, 0.5) is 10.2 Å².